The van der Waals surface area contributed by atoms with Gasteiger partial charge in [0, 0.05) is 50.1 Å². The van der Waals surface area contributed by atoms with Gasteiger partial charge in [-0.3, -0.25) is 0 Å². The third kappa shape index (κ3) is 4.80. The standard InChI is InChI=1S/C21H28N6O3/c1-22-21(28)24-16-6-4-15(5-7-16)18-25-19-17(3-2-11-29-12-8-23-19)20(26-18)27-9-13-30-14-10-27/h4-7H,2-3,8-14H2,1H3,(H2,22,24,28)(H,23,25,26). The second kappa shape index (κ2) is 9.73. The number of urea groups is 1. The van der Waals surface area contributed by atoms with Gasteiger partial charge in [-0.15, -0.1) is 0 Å². The van der Waals surface area contributed by atoms with E-state index in [4.69, 9.17) is 19.4 Å². The molecule has 3 N–H and O–H groups in total. The summed E-state index contributed by atoms with van der Waals surface area (Å²) in [6, 6.07) is 7.30. The predicted molar refractivity (Wildman–Crippen MR) is 116 cm³/mol. The Morgan fingerprint density at radius 1 is 1.07 bits per heavy atom. The van der Waals surface area contributed by atoms with Crippen molar-refractivity contribution < 1.29 is 14.3 Å². The number of hydrogen-bond acceptors (Lipinski definition) is 7. The second-order valence-electron chi connectivity index (χ2n) is 7.22. The quantitative estimate of drug-likeness (QED) is 0.710. The van der Waals surface area contributed by atoms with Crippen LogP contribution in [0.3, 0.4) is 0 Å². The lowest BCUT2D eigenvalue weighted by molar-refractivity contribution is 0.122. The first-order chi connectivity index (χ1) is 14.7. The van der Waals surface area contributed by atoms with Crippen LogP contribution in [0, 0.1) is 0 Å². The molecule has 0 aliphatic carbocycles. The summed E-state index contributed by atoms with van der Waals surface area (Å²) in [4.78, 5) is 23.6. The number of rotatable bonds is 3. The molecule has 30 heavy (non-hydrogen) atoms. The highest BCUT2D eigenvalue weighted by molar-refractivity contribution is 5.89. The van der Waals surface area contributed by atoms with Gasteiger partial charge >= 0.3 is 6.03 Å². The molecule has 2 aliphatic heterocycles. The molecule has 160 valence electrons. The smallest absolute Gasteiger partial charge is 0.318 e. The topological polar surface area (TPSA) is 101 Å². The summed E-state index contributed by atoms with van der Waals surface area (Å²) in [7, 11) is 1.59. The number of aromatic nitrogens is 2. The van der Waals surface area contributed by atoms with Crippen molar-refractivity contribution in [2.24, 2.45) is 0 Å². The van der Waals surface area contributed by atoms with Gasteiger partial charge < -0.3 is 30.3 Å². The van der Waals surface area contributed by atoms with E-state index in [9.17, 15) is 4.79 Å². The van der Waals surface area contributed by atoms with Crippen LogP contribution in [0.2, 0.25) is 0 Å². The van der Waals surface area contributed by atoms with Crippen LogP contribution in [0.15, 0.2) is 24.3 Å². The van der Waals surface area contributed by atoms with Gasteiger partial charge in [0.15, 0.2) is 5.82 Å². The normalized spacial score (nSPS) is 17.0. The molecule has 1 saturated heterocycles. The van der Waals surface area contributed by atoms with Crippen molar-refractivity contribution in [1.29, 1.82) is 0 Å². The number of benzene rings is 1. The number of carbonyl (C=O) groups excluding carboxylic acids is 1. The average molecular weight is 412 g/mol. The van der Waals surface area contributed by atoms with Crippen molar-refractivity contribution in [3.05, 3.63) is 29.8 Å². The molecular weight excluding hydrogens is 384 g/mol. The Hall–Kier alpha value is -2.91. The lowest BCUT2D eigenvalue weighted by atomic mass is 10.1. The fourth-order valence-electron chi connectivity index (χ4n) is 3.61. The molecule has 2 aromatic rings. The average Bonchev–Trinajstić information content (AvgIpc) is 2.91. The Labute approximate surface area is 176 Å². The van der Waals surface area contributed by atoms with Crippen LogP contribution in [0.5, 0.6) is 0 Å². The predicted octanol–water partition coefficient (Wildman–Crippen LogP) is 2.11. The monoisotopic (exact) mass is 412 g/mol. The van der Waals surface area contributed by atoms with E-state index in [2.05, 4.69) is 20.9 Å². The Kier molecular flexibility index (Phi) is 6.60. The van der Waals surface area contributed by atoms with E-state index >= 15 is 0 Å². The van der Waals surface area contributed by atoms with Crippen LogP contribution in [0.25, 0.3) is 11.4 Å². The van der Waals surface area contributed by atoms with Crippen LogP contribution in [-0.4, -0.2) is 69.1 Å². The molecule has 4 rings (SSSR count). The van der Waals surface area contributed by atoms with Gasteiger partial charge in [-0.1, -0.05) is 0 Å². The van der Waals surface area contributed by atoms with Gasteiger partial charge in [-0.25, -0.2) is 14.8 Å². The zero-order valence-electron chi connectivity index (χ0n) is 17.2. The minimum Gasteiger partial charge on any atom is -0.380 e. The number of amides is 2. The zero-order chi connectivity index (χ0) is 20.8. The highest BCUT2D eigenvalue weighted by Gasteiger charge is 2.22. The van der Waals surface area contributed by atoms with Crippen LogP contribution in [0.1, 0.15) is 12.0 Å². The zero-order valence-corrected chi connectivity index (χ0v) is 17.2. The molecule has 9 heteroatoms. The molecule has 0 atom stereocenters. The third-order valence-electron chi connectivity index (χ3n) is 5.18. The summed E-state index contributed by atoms with van der Waals surface area (Å²) in [6.45, 7) is 5.13. The number of nitrogens with one attached hydrogen (secondary N) is 3. The minimum absolute atomic E-state index is 0.253. The van der Waals surface area contributed by atoms with Crippen LogP contribution in [-0.2, 0) is 15.9 Å². The molecule has 0 bridgehead atoms. The van der Waals surface area contributed by atoms with E-state index in [0.717, 1.165) is 55.3 Å². The number of nitrogens with zero attached hydrogens (tertiary/aromatic N) is 3. The maximum absolute atomic E-state index is 11.5. The van der Waals surface area contributed by atoms with E-state index in [1.807, 2.05) is 24.3 Å². The molecule has 2 aliphatic rings. The summed E-state index contributed by atoms with van der Waals surface area (Å²) in [6.07, 6.45) is 1.80. The Balaban J connectivity index is 1.69. The van der Waals surface area contributed by atoms with Crippen molar-refractivity contribution in [2.75, 3.05) is 68.6 Å². The first-order valence-corrected chi connectivity index (χ1v) is 10.4. The van der Waals surface area contributed by atoms with Crippen molar-refractivity contribution in [3.63, 3.8) is 0 Å². The Morgan fingerprint density at radius 2 is 1.83 bits per heavy atom. The summed E-state index contributed by atoms with van der Waals surface area (Å²) < 4.78 is 11.2. The summed E-state index contributed by atoms with van der Waals surface area (Å²) in [5.74, 6) is 2.51. The number of morpholine rings is 1. The Morgan fingerprint density at radius 3 is 2.60 bits per heavy atom. The summed E-state index contributed by atoms with van der Waals surface area (Å²) in [5, 5.41) is 8.75. The largest absolute Gasteiger partial charge is 0.380 e. The molecule has 0 unspecified atom stereocenters. The first-order valence-electron chi connectivity index (χ1n) is 10.4. The second-order valence-corrected chi connectivity index (χ2v) is 7.22. The lowest BCUT2D eigenvalue weighted by Gasteiger charge is -2.30. The third-order valence-corrected chi connectivity index (χ3v) is 5.18. The van der Waals surface area contributed by atoms with Gasteiger partial charge in [0.25, 0.3) is 0 Å². The van der Waals surface area contributed by atoms with Gasteiger partial charge in [0.05, 0.1) is 19.8 Å². The molecule has 1 fully saturated rings. The summed E-state index contributed by atoms with van der Waals surface area (Å²) >= 11 is 0. The highest BCUT2D eigenvalue weighted by Crippen LogP contribution is 2.31. The van der Waals surface area contributed by atoms with Gasteiger partial charge in [0.2, 0.25) is 0 Å². The maximum Gasteiger partial charge on any atom is 0.318 e. The van der Waals surface area contributed by atoms with E-state index < -0.39 is 0 Å². The summed E-state index contributed by atoms with van der Waals surface area (Å²) in [5.41, 5.74) is 2.75. The van der Waals surface area contributed by atoms with Crippen molar-refractivity contribution in [3.8, 4) is 11.4 Å². The molecule has 1 aromatic carbocycles. The molecule has 0 spiro atoms. The maximum atomic E-state index is 11.5. The highest BCUT2D eigenvalue weighted by atomic mass is 16.5. The van der Waals surface area contributed by atoms with E-state index in [0.29, 0.717) is 37.9 Å². The molecule has 2 amide bonds. The van der Waals surface area contributed by atoms with Crippen LogP contribution in [0.4, 0.5) is 22.1 Å². The number of carbonyl (C=O) groups is 1. The van der Waals surface area contributed by atoms with Crippen LogP contribution >= 0.6 is 0 Å². The molecule has 9 nitrogen and oxygen atoms in total. The molecule has 0 saturated carbocycles. The first kappa shape index (κ1) is 20.4. The SMILES string of the molecule is CNC(=O)Nc1ccc(-c2nc3c(c(N4CCOCC4)n2)CCCOCCN3)cc1. The molecule has 1 aromatic heterocycles. The fourth-order valence-corrected chi connectivity index (χ4v) is 3.61. The van der Waals surface area contributed by atoms with E-state index in [-0.39, 0.29) is 6.03 Å². The fraction of sp³-hybridized carbons (Fsp3) is 0.476. The van der Waals surface area contributed by atoms with E-state index in [1.165, 1.54) is 0 Å². The lowest BCUT2D eigenvalue weighted by Crippen LogP contribution is -2.37. The molecule has 3 heterocycles. The minimum atomic E-state index is -0.253. The van der Waals surface area contributed by atoms with E-state index in [1.54, 1.807) is 7.05 Å². The van der Waals surface area contributed by atoms with Crippen molar-refractivity contribution in [2.45, 2.75) is 12.8 Å². The van der Waals surface area contributed by atoms with Gasteiger partial charge in [0.1, 0.15) is 11.6 Å². The number of hydrogen-bond donors (Lipinski definition) is 3. The molecular formula is C21H28N6O3. The van der Waals surface area contributed by atoms with Gasteiger partial charge in [-0.2, -0.15) is 0 Å². The van der Waals surface area contributed by atoms with Crippen molar-refractivity contribution in [1.82, 2.24) is 15.3 Å². The van der Waals surface area contributed by atoms with Gasteiger partial charge in [-0.05, 0) is 37.1 Å². The molecule has 0 radical (unpaired) electrons. The number of ether oxygens (including phenoxy) is 2. The van der Waals surface area contributed by atoms with Crippen molar-refractivity contribution >= 4 is 23.4 Å². The van der Waals surface area contributed by atoms with Crippen LogP contribution < -0.4 is 20.9 Å². The number of fused-ring (bicyclic) bond motifs is 1. The Bertz CT molecular complexity index is 868. The number of anilines is 3.